The zero-order valence-electron chi connectivity index (χ0n) is 12.7. The van der Waals surface area contributed by atoms with E-state index in [1.165, 1.54) is 6.07 Å². The molecule has 0 amide bonds. The summed E-state index contributed by atoms with van der Waals surface area (Å²) >= 11 is 0. The predicted molar refractivity (Wildman–Crippen MR) is 85.8 cm³/mol. The second-order valence-corrected chi connectivity index (χ2v) is 6.10. The maximum absolute atomic E-state index is 13.2. The summed E-state index contributed by atoms with van der Waals surface area (Å²) in [5.74, 6) is 0.137. The van der Waals surface area contributed by atoms with E-state index < -0.39 is 0 Å². The van der Waals surface area contributed by atoms with Crippen molar-refractivity contribution in [1.29, 1.82) is 0 Å². The molecule has 3 rings (SSSR count). The van der Waals surface area contributed by atoms with Crippen LogP contribution in [0.5, 0.6) is 0 Å². The number of halogens is 1. The van der Waals surface area contributed by atoms with Crippen LogP contribution >= 0.6 is 0 Å². The van der Waals surface area contributed by atoms with Crippen LogP contribution < -0.4 is 0 Å². The minimum atomic E-state index is -0.377. The van der Waals surface area contributed by atoms with E-state index in [1.807, 2.05) is 36.4 Å². The molecule has 2 aromatic carbocycles. The molecule has 1 N–H and O–H groups in total. The molecule has 1 heterocycles. The molecule has 0 aliphatic carbocycles. The van der Waals surface area contributed by atoms with E-state index in [1.54, 1.807) is 12.1 Å². The van der Waals surface area contributed by atoms with Gasteiger partial charge in [-0.15, -0.1) is 0 Å². The number of rotatable bonds is 4. The summed E-state index contributed by atoms with van der Waals surface area (Å²) < 4.78 is 13.2. The average Bonchev–Trinajstić information content (AvgIpc) is 2.56. The molecule has 0 bridgehead atoms. The van der Waals surface area contributed by atoms with Gasteiger partial charge in [0.15, 0.2) is 0 Å². The van der Waals surface area contributed by atoms with Gasteiger partial charge >= 0.3 is 0 Å². The summed E-state index contributed by atoms with van der Waals surface area (Å²) in [6.45, 7) is 2.68. The molecule has 2 aromatic rings. The van der Waals surface area contributed by atoms with Gasteiger partial charge in [0.05, 0.1) is 6.10 Å². The Balaban J connectivity index is 1.54. The molecule has 1 saturated heterocycles. The summed E-state index contributed by atoms with van der Waals surface area (Å²) in [7, 11) is 0. The highest BCUT2D eigenvalue weighted by atomic mass is 19.1. The van der Waals surface area contributed by atoms with Crippen LogP contribution in [-0.2, 0) is 6.54 Å². The molecule has 2 nitrogen and oxygen atoms in total. The Kier molecular flexibility index (Phi) is 4.86. The Hall–Kier alpha value is -1.71. The molecule has 1 aliphatic heterocycles. The minimum absolute atomic E-state index is 0.174. The summed E-state index contributed by atoms with van der Waals surface area (Å²) in [5, 5.41) is 10.5. The number of aliphatic hydroxyl groups is 1. The van der Waals surface area contributed by atoms with Crippen molar-refractivity contribution < 1.29 is 9.50 Å². The second kappa shape index (κ2) is 7.03. The summed E-state index contributed by atoms with van der Waals surface area (Å²) in [6, 6.07) is 16.7. The third kappa shape index (κ3) is 3.73. The highest BCUT2D eigenvalue weighted by Crippen LogP contribution is 2.31. The molecule has 0 spiro atoms. The van der Waals surface area contributed by atoms with Gasteiger partial charge < -0.3 is 5.11 Å². The van der Waals surface area contributed by atoms with Crippen LogP contribution in [0.2, 0.25) is 0 Å². The lowest BCUT2D eigenvalue weighted by molar-refractivity contribution is 0.0567. The molecule has 1 aliphatic rings. The van der Waals surface area contributed by atoms with Crippen LogP contribution in [0.3, 0.4) is 0 Å². The van der Waals surface area contributed by atoms with E-state index in [0.29, 0.717) is 5.92 Å². The van der Waals surface area contributed by atoms with Crippen molar-refractivity contribution in [2.75, 3.05) is 13.1 Å². The maximum Gasteiger partial charge on any atom is 0.123 e. The van der Waals surface area contributed by atoms with Crippen LogP contribution in [0.15, 0.2) is 54.6 Å². The van der Waals surface area contributed by atoms with Gasteiger partial charge in [-0.1, -0.05) is 42.5 Å². The number of benzene rings is 2. The van der Waals surface area contributed by atoms with Crippen molar-refractivity contribution >= 4 is 0 Å². The van der Waals surface area contributed by atoms with E-state index in [2.05, 4.69) is 4.90 Å². The maximum atomic E-state index is 13.2. The zero-order valence-corrected chi connectivity index (χ0v) is 12.7. The third-order valence-corrected chi connectivity index (χ3v) is 4.52. The van der Waals surface area contributed by atoms with Gasteiger partial charge in [-0.05, 0) is 55.1 Å². The highest BCUT2D eigenvalue weighted by Gasteiger charge is 2.26. The number of aliphatic hydroxyl groups excluding tert-OH is 1. The molecule has 1 unspecified atom stereocenters. The zero-order chi connectivity index (χ0) is 15.4. The van der Waals surface area contributed by atoms with Gasteiger partial charge in [-0.3, -0.25) is 4.90 Å². The largest absolute Gasteiger partial charge is 0.388 e. The summed E-state index contributed by atoms with van der Waals surface area (Å²) in [6.07, 6.45) is 1.58. The van der Waals surface area contributed by atoms with Gasteiger partial charge in [0.2, 0.25) is 0 Å². The standard InChI is InChI=1S/C19H22FNO/c20-18-8-4-5-15(13-18)14-21-11-9-17(10-12-21)19(22)16-6-2-1-3-7-16/h1-8,13,17,19,22H,9-12,14H2. The molecule has 1 fully saturated rings. The van der Waals surface area contributed by atoms with Gasteiger partial charge in [-0.2, -0.15) is 0 Å². The Bertz CT molecular complexity index is 593. The Morgan fingerprint density at radius 1 is 1.05 bits per heavy atom. The fraction of sp³-hybridized carbons (Fsp3) is 0.368. The molecular formula is C19H22FNO. The Morgan fingerprint density at radius 3 is 2.45 bits per heavy atom. The average molecular weight is 299 g/mol. The van der Waals surface area contributed by atoms with E-state index in [9.17, 15) is 9.50 Å². The van der Waals surface area contributed by atoms with E-state index in [4.69, 9.17) is 0 Å². The lowest BCUT2D eigenvalue weighted by atomic mass is 9.87. The second-order valence-electron chi connectivity index (χ2n) is 6.10. The first-order chi connectivity index (χ1) is 10.7. The lowest BCUT2D eigenvalue weighted by Gasteiger charge is -2.34. The molecular weight excluding hydrogens is 277 g/mol. The quantitative estimate of drug-likeness (QED) is 0.929. The molecule has 0 aromatic heterocycles. The van der Waals surface area contributed by atoms with Crippen molar-refractivity contribution in [2.24, 2.45) is 5.92 Å². The summed E-state index contributed by atoms with van der Waals surface area (Å²) in [5.41, 5.74) is 2.02. The normalized spacial score (nSPS) is 18.3. The van der Waals surface area contributed by atoms with Crippen LogP contribution in [0.4, 0.5) is 4.39 Å². The van der Waals surface area contributed by atoms with Crippen LogP contribution in [-0.4, -0.2) is 23.1 Å². The first kappa shape index (κ1) is 15.2. The fourth-order valence-electron chi connectivity index (χ4n) is 3.24. The van der Waals surface area contributed by atoms with Gasteiger partial charge in [-0.25, -0.2) is 4.39 Å². The van der Waals surface area contributed by atoms with E-state index in [-0.39, 0.29) is 11.9 Å². The smallest absolute Gasteiger partial charge is 0.123 e. The van der Waals surface area contributed by atoms with Gasteiger partial charge in [0.1, 0.15) is 5.82 Å². The molecule has 116 valence electrons. The van der Waals surface area contributed by atoms with Crippen molar-refractivity contribution in [3.63, 3.8) is 0 Å². The minimum Gasteiger partial charge on any atom is -0.388 e. The molecule has 0 saturated carbocycles. The number of nitrogens with zero attached hydrogens (tertiary/aromatic N) is 1. The van der Waals surface area contributed by atoms with Crippen LogP contribution in [0, 0.1) is 11.7 Å². The Morgan fingerprint density at radius 2 is 1.77 bits per heavy atom. The van der Waals surface area contributed by atoms with E-state index in [0.717, 1.165) is 43.6 Å². The van der Waals surface area contributed by atoms with Crippen LogP contribution in [0.25, 0.3) is 0 Å². The third-order valence-electron chi connectivity index (χ3n) is 4.52. The van der Waals surface area contributed by atoms with Crippen molar-refractivity contribution in [2.45, 2.75) is 25.5 Å². The van der Waals surface area contributed by atoms with Crippen molar-refractivity contribution in [3.05, 3.63) is 71.5 Å². The van der Waals surface area contributed by atoms with Crippen LogP contribution in [0.1, 0.15) is 30.1 Å². The number of hydrogen-bond donors (Lipinski definition) is 1. The fourth-order valence-corrected chi connectivity index (χ4v) is 3.24. The first-order valence-electron chi connectivity index (χ1n) is 7.92. The van der Waals surface area contributed by atoms with Gasteiger partial charge in [0.25, 0.3) is 0 Å². The van der Waals surface area contributed by atoms with E-state index >= 15 is 0 Å². The number of likely N-dealkylation sites (tertiary alicyclic amines) is 1. The SMILES string of the molecule is OC(c1ccccc1)C1CCN(Cc2cccc(F)c2)CC1. The number of piperidine rings is 1. The lowest BCUT2D eigenvalue weighted by Crippen LogP contribution is -2.35. The molecule has 3 heteroatoms. The predicted octanol–water partition coefficient (Wildman–Crippen LogP) is 3.77. The van der Waals surface area contributed by atoms with Gasteiger partial charge in [0, 0.05) is 6.54 Å². The monoisotopic (exact) mass is 299 g/mol. The van der Waals surface area contributed by atoms with Crippen molar-refractivity contribution in [1.82, 2.24) is 4.90 Å². The first-order valence-corrected chi connectivity index (χ1v) is 7.92. The summed E-state index contributed by atoms with van der Waals surface area (Å²) in [4.78, 5) is 2.34. The molecule has 0 radical (unpaired) electrons. The number of hydrogen-bond acceptors (Lipinski definition) is 2. The highest BCUT2D eigenvalue weighted by molar-refractivity contribution is 5.18. The molecule has 22 heavy (non-hydrogen) atoms. The topological polar surface area (TPSA) is 23.5 Å². The Labute approximate surface area is 131 Å². The molecule has 1 atom stereocenters. The van der Waals surface area contributed by atoms with Crippen molar-refractivity contribution in [3.8, 4) is 0 Å².